The summed E-state index contributed by atoms with van der Waals surface area (Å²) >= 11 is 0. The number of nitrogens with zero attached hydrogens (tertiary/aromatic N) is 6. The van der Waals surface area contributed by atoms with Crippen molar-refractivity contribution >= 4 is 55.0 Å². The third kappa shape index (κ3) is 6.56. The van der Waals surface area contributed by atoms with Crippen LogP contribution < -0.4 is 4.90 Å². The lowest BCUT2D eigenvalue weighted by atomic mass is 9.91. The molecular weight excluding hydrogens is 879 g/mol. The molecule has 0 bridgehead atoms. The average molecular weight is 919 g/mol. The van der Waals surface area contributed by atoms with Gasteiger partial charge in [0.15, 0.2) is 17.5 Å². The minimum atomic E-state index is -0.692. The Balaban J connectivity index is 1.02. The van der Waals surface area contributed by atoms with E-state index in [9.17, 15) is 4.39 Å². The van der Waals surface area contributed by atoms with Crippen LogP contribution in [0.1, 0.15) is 11.5 Å². The summed E-state index contributed by atoms with van der Waals surface area (Å²) in [6.45, 7) is 0. The monoisotopic (exact) mass is 918 g/mol. The predicted molar refractivity (Wildman–Crippen MR) is 284 cm³/mol. The van der Waals surface area contributed by atoms with Crippen molar-refractivity contribution in [1.29, 1.82) is 0 Å². The van der Waals surface area contributed by atoms with Crippen LogP contribution in [-0.2, 0) is 0 Å². The number of benzene rings is 9. The molecule has 1 aliphatic carbocycles. The van der Waals surface area contributed by atoms with Crippen LogP contribution in [0.2, 0.25) is 0 Å². The summed E-state index contributed by atoms with van der Waals surface area (Å²) in [5.41, 5.74) is 12.5. The first-order valence-electron chi connectivity index (χ1n) is 23.8. The predicted octanol–water partition coefficient (Wildman–Crippen LogP) is 15.7. The lowest BCUT2D eigenvalue weighted by Gasteiger charge is -2.28. The molecule has 336 valence electrons. The highest BCUT2D eigenvalue weighted by molar-refractivity contribution is 6.13. The van der Waals surface area contributed by atoms with Gasteiger partial charge in [0.2, 0.25) is 0 Å². The van der Waals surface area contributed by atoms with Crippen LogP contribution >= 0.6 is 0 Å². The minimum absolute atomic E-state index is 0.122. The van der Waals surface area contributed by atoms with Crippen LogP contribution in [0.25, 0.3) is 100 Å². The number of fused-ring (bicyclic) bond motifs is 9. The Morgan fingerprint density at radius 2 is 0.901 bits per heavy atom. The fourth-order valence-electron chi connectivity index (χ4n) is 11.1. The molecule has 4 heterocycles. The SMILES string of the molecule is Fc1ccc(-c2cc(-n3c4ccc(N5c6ccccc6C6C=CC=CC65)cc4c4cc(-n5c6ccccc6c6ccccc65)ccc43)ccc2-c2nc(-c3ccccc3)nc(-c3ccccc3)n2)c(F)c1. The van der Waals surface area contributed by atoms with Gasteiger partial charge < -0.3 is 14.0 Å². The Kier molecular flexibility index (Phi) is 9.29. The quantitative estimate of drug-likeness (QED) is 0.160. The fraction of sp³-hybridized carbons (Fsp3) is 0.0317. The van der Waals surface area contributed by atoms with Gasteiger partial charge in [-0.2, -0.15) is 0 Å². The number of aromatic nitrogens is 5. The molecule has 0 fully saturated rings. The number of halogens is 2. The van der Waals surface area contributed by atoms with Gasteiger partial charge in [-0.1, -0.05) is 140 Å². The molecule has 3 aromatic heterocycles. The van der Waals surface area contributed by atoms with E-state index in [0.29, 0.717) is 28.6 Å². The molecule has 9 aromatic carbocycles. The first kappa shape index (κ1) is 40.8. The smallest absolute Gasteiger partial charge is 0.164 e. The molecule has 6 nitrogen and oxygen atoms in total. The summed E-state index contributed by atoms with van der Waals surface area (Å²) < 4.78 is 35.8. The maximum atomic E-state index is 16.4. The van der Waals surface area contributed by atoms with Crippen LogP contribution in [0.15, 0.2) is 231 Å². The molecule has 8 heteroatoms. The fourth-order valence-corrected chi connectivity index (χ4v) is 11.1. The van der Waals surface area contributed by atoms with Gasteiger partial charge in [0, 0.05) is 78.5 Å². The molecule has 14 rings (SSSR count). The first-order chi connectivity index (χ1) is 35.0. The molecule has 0 radical (unpaired) electrons. The molecule has 0 saturated carbocycles. The van der Waals surface area contributed by atoms with Crippen LogP contribution in [0, 0.1) is 11.6 Å². The summed E-state index contributed by atoms with van der Waals surface area (Å²) in [6.07, 6.45) is 8.90. The molecule has 12 aromatic rings. The van der Waals surface area contributed by atoms with E-state index >= 15 is 4.39 Å². The van der Waals surface area contributed by atoms with E-state index in [4.69, 9.17) is 15.0 Å². The number of hydrogen-bond acceptors (Lipinski definition) is 4. The van der Waals surface area contributed by atoms with E-state index in [1.165, 1.54) is 34.2 Å². The van der Waals surface area contributed by atoms with Crippen molar-refractivity contribution in [2.24, 2.45) is 0 Å². The highest BCUT2D eigenvalue weighted by Gasteiger charge is 2.37. The van der Waals surface area contributed by atoms with Crippen LogP contribution in [0.4, 0.5) is 20.2 Å². The maximum absolute atomic E-state index is 16.4. The van der Waals surface area contributed by atoms with Crippen molar-refractivity contribution in [2.45, 2.75) is 12.0 Å². The van der Waals surface area contributed by atoms with E-state index in [-0.39, 0.29) is 17.5 Å². The molecule has 0 saturated heterocycles. The number of para-hydroxylation sites is 3. The third-order valence-corrected chi connectivity index (χ3v) is 14.2. The van der Waals surface area contributed by atoms with Crippen molar-refractivity contribution < 1.29 is 8.78 Å². The second-order valence-electron chi connectivity index (χ2n) is 18.2. The van der Waals surface area contributed by atoms with Gasteiger partial charge in [0.05, 0.1) is 28.1 Å². The van der Waals surface area contributed by atoms with Crippen molar-refractivity contribution in [3.8, 4) is 56.7 Å². The maximum Gasteiger partial charge on any atom is 0.164 e. The van der Waals surface area contributed by atoms with Crippen molar-refractivity contribution in [3.63, 3.8) is 0 Å². The van der Waals surface area contributed by atoms with E-state index in [2.05, 4.69) is 148 Å². The third-order valence-electron chi connectivity index (χ3n) is 14.2. The standard InChI is InChI=1S/C63H40F2N6/c64-41-27-31-45(54(65)35-41)51-36-42(28-32-50(51)63-67-61(39-15-3-1-4-16-39)66-62(68-63)40-17-5-2-6-18-40)71-59-33-29-43(69-55-23-11-7-19-46(55)47-20-8-12-24-56(47)69)37-52(59)53-38-44(30-34-60(53)71)70-57-25-13-9-21-48(57)49-22-10-14-26-58(49)70/h1-38,46,55H. The number of allylic oxidation sites excluding steroid dienone is 2. The van der Waals surface area contributed by atoms with Crippen LogP contribution in [-0.4, -0.2) is 30.1 Å². The summed E-state index contributed by atoms with van der Waals surface area (Å²) in [6, 6.07) is 68.6. The van der Waals surface area contributed by atoms with Crippen LogP contribution in [0.3, 0.4) is 0 Å². The largest absolute Gasteiger partial charge is 0.333 e. The molecule has 71 heavy (non-hydrogen) atoms. The highest BCUT2D eigenvalue weighted by Crippen LogP contribution is 2.49. The van der Waals surface area contributed by atoms with Crippen molar-refractivity contribution in [3.05, 3.63) is 248 Å². The molecule has 1 aliphatic heterocycles. The zero-order valence-electron chi connectivity index (χ0n) is 38.0. The number of anilines is 2. The lowest BCUT2D eigenvalue weighted by molar-refractivity contribution is 0.585. The topological polar surface area (TPSA) is 51.8 Å². The second-order valence-corrected chi connectivity index (χ2v) is 18.2. The Morgan fingerprint density at radius 3 is 1.58 bits per heavy atom. The van der Waals surface area contributed by atoms with Gasteiger partial charge in [-0.25, -0.2) is 23.7 Å². The summed E-state index contributed by atoms with van der Waals surface area (Å²) in [4.78, 5) is 17.5. The highest BCUT2D eigenvalue weighted by atomic mass is 19.1. The van der Waals surface area contributed by atoms with Crippen LogP contribution in [0.5, 0.6) is 0 Å². The summed E-state index contributed by atoms with van der Waals surface area (Å²) in [5.74, 6) is 0.201. The lowest BCUT2D eigenvalue weighted by Crippen LogP contribution is -2.28. The Labute approximate surface area is 407 Å². The second kappa shape index (κ2) is 16.2. The Bertz CT molecular complexity index is 4060. The zero-order valence-corrected chi connectivity index (χ0v) is 38.0. The zero-order chi connectivity index (χ0) is 47.2. The molecule has 0 N–H and O–H groups in total. The van der Waals surface area contributed by atoms with Crippen molar-refractivity contribution in [1.82, 2.24) is 24.1 Å². The van der Waals surface area contributed by atoms with E-state index in [1.54, 1.807) is 0 Å². The van der Waals surface area contributed by atoms with Gasteiger partial charge in [-0.05, 0) is 96.1 Å². The van der Waals surface area contributed by atoms with Gasteiger partial charge in [-0.3, -0.25) is 0 Å². The molecule has 2 unspecified atom stereocenters. The van der Waals surface area contributed by atoms with Gasteiger partial charge in [0.1, 0.15) is 11.6 Å². The first-order valence-corrected chi connectivity index (χ1v) is 23.8. The van der Waals surface area contributed by atoms with Gasteiger partial charge >= 0.3 is 0 Å². The Hall–Kier alpha value is -9.27. The Morgan fingerprint density at radius 1 is 0.380 bits per heavy atom. The summed E-state index contributed by atoms with van der Waals surface area (Å²) in [5, 5.41) is 4.50. The van der Waals surface area contributed by atoms with E-state index in [0.717, 1.165) is 67.1 Å². The van der Waals surface area contributed by atoms with Gasteiger partial charge in [0.25, 0.3) is 0 Å². The number of rotatable bonds is 7. The molecule has 2 aliphatic rings. The molecule has 0 spiro atoms. The summed E-state index contributed by atoms with van der Waals surface area (Å²) in [7, 11) is 0. The number of hydrogen-bond donors (Lipinski definition) is 0. The molecule has 0 amide bonds. The van der Waals surface area contributed by atoms with Gasteiger partial charge in [-0.15, -0.1) is 0 Å². The minimum Gasteiger partial charge on any atom is -0.333 e. The van der Waals surface area contributed by atoms with Crippen molar-refractivity contribution in [2.75, 3.05) is 4.90 Å². The normalized spacial score (nSPS) is 15.0. The van der Waals surface area contributed by atoms with E-state index < -0.39 is 11.6 Å². The molecule has 2 atom stereocenters. The molecular formula is C63H40F2N6. The average Bonchev–Trinajstić information content (AvgIpc) is 4.06. The van der Waals surface area contributed by atoms with E-state index in [1.807, 2.05) is 78.9 Å².